The fourth-order valence-electron chi connectivity index (χ4n) is 2.37. The first-order valence-corrected chi connectivity index (χ1v) is 4.50. The number of nitrogens with zero attached hydrogens (tertiary/aromatic N) is 1. The largest absolute Gasteiger partial charge is 0.300 e. The summed E-state index contributed by atoms with van der Waals surface area (Å²) >= 11 is 0. The van der Waals surface area contributed by atoms with Crippen LogP contribution in [0, 0.1) is 5.41 Å². The molecule has 0 unspecified atom stereocenters. The zero-order chi connectivity index (χ0) is 7.19. The molecule has 1 spiro atoms. The van der Waals surface area contributed by atoms with Gasteiger partial charge in [0.25, 0.3) is 0 Å². The monoisotopic (exact) mass is 139 g/mol. The summed E-state index contributed by atoms with van der Waals surface area (Å²) in [5.74, 6) is 0. The van der Waals surface area contributed by atoms with Crippen molar-refractivity contribution in [1.82, 2.24) is 4.90 Å². The Morgan fingerprint density at radius 1 is 1.50 bits per heavy atom. The second-order valence-electron chi connectivity index (χ2n) is 4.12. The summed E-state index contributed by atoms with van der Waals surface area (Å²) < 4.78 is 0. The lowest BCUT2D eigenvalue weighted by atomic mass is 10.0. The third-order valence-corrected chi connectivity index (χ3v) is 3.25. The van der Waals surface area contributed by atoms with Crippen LogP contribution in [0.4, 0.5) is 0 Å². The van der Waals surface area contributed by atoms with Gasteiger partial charge in [-0.15, -0.1) is 0 Å². The Kier molecular flexibility index (Phi) is 1.31. The highest BCUT2D eigenvalue weighted by Gasteiger charge is 2.49. The Morgan fingerprint density at radius 2 is 2.20 bits per heavy atom. The summed E-state index contributed by atoms with van der Waals surface area (Å²) in [5, 5.41) is 0. The minimum Gasteiger partial charge on any atom is -0.300 e. The summed E-state index contributed by atoms with van der Waals surface area (Å²) in [4.78, 5) is 2.62. The summed E-state index contributed by atoms with van der Waals surface area (Å²) in [7, 11) is 0. The maximum Gasteiger partial charge on any atom is 0.00728 e. The lowest BCUT2D eigenvalue weighted by molar-refractivity contribution is 0.277. The first-order valence-electron chi connectivity index (χ1n) is 4.50. The molecular formula is C9H17N. The Labute approximate surface area is 63.4 Å². The van der Waals surface area contributed by atoms with Gasteiger partial charge in [0.05, 0.1) is 0 Å². The minimum absolute atomic E-state index is 0.815. The van der Waals surface area contributed by atoms with Gasteiger partial charge in [-0.3, -0.25) is 0 Å². The van der Waals surface area contributed by atoms with E-state index in [1.165, 1.54) is 32.4 Å². The van der Waals surface area contributed by atoms with Crippen molar-refractivity contribution in [2.24, 2.45) is 5.41 Å². The fourth-order valence-corrected chi connectivity index (χ4v) is 2.37. The SMILES string of the molecule is CCN1CC2(CC2)C[C@H]1C. The molecule has 0 radical (unpaired) electrons. The van der Waals surface area contributed by atoms with Crippen molar-refractivity contribution in [3.8, 4) is 0 Å². The number of hydrogen-bond acceptors (Lipinski definition) is 1. The van der Waals surface area contributed by atoms with Crippen LogP contribution >= 0.6 is 0 Å². The topological polar surface area (TPSA) is 3.24 Å². The smallest absolute Gasteiger partial charge is 0.00728 e. The Morgan fingerprint density at radius 3 is 2.50 bits per heavy atom. The van der Waals surface area contributed by atoms with Crippen LogP contribution in [0.15, 0.2) is 0 Å². The fraction of sp³-hybridized carbons (Fsp3) is 1.00. The van der Waals surface area contributed by atoms with Crippen molar-refractivity contribution in [3.63, 3.8) is 0 Å². The zero-order valence-corrected chi connectivity index (χ0v) is 7.06. The van der Waals surface area contributed by atoms with Gasteiger partial charge in [0.1, 0.15) is 0 Å². The molecule has 2 aliphatic rings. The van der Waals surface area contributed by atoms with Crippen LogP contribution in [0.3, 0.4) is 0 Å². The Bertz CT molecular complexity index is 138. The number of hydrogen-bond donors (Lipinski definition) is 0. The predicted octanol–water partition coefficient (Wildman–Crippen LogP) is 1.88. The van der Waals surface area contributed by atoms with Gasteiger partial charge in [0.15, 0.2) is 0 Å². The molecule has 1 heterocycles. The van der Waals surface area contributed by atoms with Crippen LogP contribution in [0.2, 0.25) is 0 Å². The molecule has 0 aromatic carbocycles. The first-order chi connectivity index (χ1) is 4.76. The lowest BCUT2D eigenvalue weighted by Gasteiger charge is -2.17. The van der Waals surface area contributed by atoms with E-state index in [1.54, 1.807) is 0 Å². The second-order valence-corrected chi connectivity index (χ2v) is 4.12. The molecule has 1 nitrogen and oxygen atoms in total. The maximum atomic E-state index is 2.62. The standard InChI is InChI=1S/C9H17N/c1-3-10-7-9(4-5-9)6-8(10)2/h8H,3-7H2,1-2H3/t8-/m1/s1. The van der Waals surface area contributed by atoms with E-state index in [-0.39, 0.29) is 0 Å². The van der Waals surface area contributed by atoms with E-state index in [0.717, 1.165) is 11.5 Å². The van der Waals surface area contributed by atoms with Gasteiger partial charge in [0.2, 0.25) is 0 Å². The minimum atomic E-state index is 0.815. The van der Waals surface area contributed by atoms with Crippen LogP contribution in [0.5, 0.6) is 0 Å². The van der Waals surface area contributed by atoms with E-state index in [9.17, 15) is 0 Å². The average Bonchev–Trinajstić information content (AvgIpc) is 2.55. The summed E-state index contributed by atoms with van der Waals surface area (Å²) in [6.45, 7) is 7.29. The molecule has 1 aliphatic carbocycles. The third-order valence-electron chi connectivity index (χ3n) is 3.25. The van der Waals surface area contributed by atoms with Crippen LogP contribution in [-0.2, 0) is 0 Å². The molecule has 1 saturated heterocycles. The van der Waals surface area contributed by atoms with Crippen molar-refractivity contribution in [1.29, 1.82) is 0 Å². The van der Waals surface area contributed by atoms with Gasteiger partial charge in [-0.25, -0.2) is 0 Å². The van der Waals surface area contributed by atoms with Crippen LogP contribution in [0.25, 0.3) is 0 Å². The molecule has 58 valence electrons. The van der Waals surface area contributed by atoms with Crippen molar-refractivity contribution >= 4 is 0 Å². The highest BCUT2D eigenvalue weighted by molar-refractivity contribution is 5.02. The number of likely N-dealkylation sites (tertiary alicyclic amines) is 1. The maximum absolute atomic E-state index is 2.62. The first kappa shape index (κ1) is 6.66. The molecule has 1 heteroatoms. The second kappa shape index (κ2) is 1.97. The van der Waals surface area contributed by atoms with Crippen LogP contribution in [0.1, 0.15) is 33.1 Å². The van der Waals surface area contributed by atoms with Crippen molar-refractivity contribution in [2.75, 3.05) is 13.1 Å². The van der Waals surface area contributed by atoms with Gasteiger partial charge in [-0.2, -0.15) is 0 Å². The van der Waals surface area contributed by atoms with Gasteiger partial charge in [-0.1, -0.05) is 6.92 Å². The van der Waals surface area contributed by atoms with E-state index in [2.05, 4.69) is 18.7 Å². The van der Waals surface area contributed by atoms with Crippen LogP contribution in [-0.4, -0.2) is 24.0 Å². The molecule has 1 aliphatic heterocycles. The molecule has 0 aromatic heterocycles. The van der Waals surface area contributed by atoms with E-state index >= 15 is 0 Å². The van der Waals surface area contributed by atoms with Gasteiger partial charge >= 0.3 is 0 Å². The quantitative estimate of drug-likeness (QED) is 0.536. The Hall–Kier alpha value is -0.0400. The van der Waals surface area contributed by atoms with Gasteiger partial charge in [0, 0.05) is 12.6 Å². The molecule has 1 saturated carbocycles. The summed E-state index contributed by atoms with van der Waals surface area (Å²) in [6, 6.07) is 0.868. The molecule has 1 atom stereocenters. The van der Waals surface area contributed by atoms with Crippen molar-refractivity contribution in [3.05, 3.63) is 0 Å². The van der Waals surface area contributed by atoms with Gasteiger partial charge < -0.3 is 4.90 Å². The van der Waals surface area contributed by atoms with Gasteiger partial charge in [-0.05, 0) is 38.1 Å². The average molecular weight is 139 g/mol. The lowest BCUT2D eigenvalue weighted by Crippen LogP contribution is -2.26. The highest BCUT2D eigenvalue weighted by Crippen LogP contribution is 2.54. The molecule has 2 rings (SSSR count). The number of rotatable bonds is 1. The van der Waals surface area contributed by atoms with Crippen molar-refractivity contribution < 1.29 is 0 Å². The van der Waals surface area contributed by atoms with E-state index in [1.807, 2.05) is 0 Å². The molecular weight excluding hydrogens is 122 g/mol. The molecule has 0 N–H and O–H groups in total. The molecule has 0 amide bonds. The van der Waals surface area contributed by atoms with E-state index in [4.69, 9.17) is 0 Å². The summed E-state index contributed by atoms with van der Waals surface area (Å²) in [6.07, 6.45) is 4.49. The third kappa shape index (κ3) is 0.878. The highest BCUT2D eigenvalue weighted by atomic mass is 15.2. The molecule has 10 heavy (non-hydrogen) atoms. The predicted molar refractivity (Wildman–Crippen MR) is 43.0 cm³/mol. The van der Waals surface area contributed by atoms with E-state index in [0.29, 0.717) is 0 Å². The Balaban J connectivity index is 2.00. The zero-order valence-electron chi connectivity index (χ0n) is 7.06. The van der Waals surface area contributed by atoms with Crippen molar-refractivity contribution in [2.45, 2.75) is 39.2 Å². The molecule has 0 aromatic rings. The normalized spacial score (nSPS) is 37.2. The molecule has 0 bridgehead atoms. The van der Waals surface area contributed by atoms with E-state index < -0.39 is 0 Å². The summed E-state index contributed by atoms with van der Waals surface area (Å²) in [5.41, 5.74) is 0.815. The molecule has 2 fully saturated rings. The van der Waals surface area contributed by atoms with Crippen LogP contribution < -0.4 is 0 Å².